The second kappa shape index (κ2) is 4.26. The quantitative estimate of drug-likeness (QED) is 0.867. The van der Waals surface area contributed by atoms with Gasteiger partial charge in [-0.2, -0.15) is 0 Å². The van der Waals surface area contributed by atoms with Crippen LogP contribution in [-0.2, 0) is 6.54 Å². The first-order valence-electron chi connectivity index (χ1n) is 6.02. The summed E-state index contributed by atoms with van der Waals surface area (Å²) in [7, 11) is 0. The Balaban J connectivity index is 2.40. The number of alkyl halides is 2. The van der Waals surface area contributed by atoms with Crippen LogP contribution in [0.25, 0.3) is 10.2 Å². The predicted octanol–water partition coefficient (Wildman–Crippen LogP) is 2.13. The first kappa shape index (κ1) is 12.5. The van der Waals surface area contributed by atoms with E-state index in [-0.39, 0.29) is 11.6 Å². The molecule has 1 fully saturated rings. The third-order valence-corrected chi connectivity index (χ3v) is 4.42. The fraction of sp³-hybridized carbons (Fsp3) is 0.500. The summed E-state index contributed by atoms with van der Waals surface area (Å²) in [6.07, 6.45) is -1.09. The Morgan fingerprint density at radius 3 is 2.68 bits per heavy atom. The summed E-state index contributed by atoms with van der Waals surface area (Å²) >= 11 is 1.17. The minimum absolute atomic E-state index is 0.118. The van der Waals surface area contributed by atoms with E-state index in [0.717, 1.165) is 27.5 Å². The normalized spacial score (nSPS) is 15.6. The Labute approximate surface area is 110 Å². The fourth-order valence-electron chi connectivity index (χ4n) is 2.27. The van der Waals surface area contributed by atoms with Gasteiger partial charge in [0.15, 0.2) is 0 Å². The highest BCUT2D eigenvalue weighted by molar-refractivity contribution is 7.17. The molecule has 0 unspecified atom stereocenters. The Kier molecular flexibility index (Phi) is 2.81. The van der Waals surface area contributed by atoms with E-state index in [1.54, 1.807) is 12.3 Å². The fourth-order valence-corrected chi connectivity index (χ4v) is 3.32. The molecule has 2 heterocycles. The molecule has 19 heavy (non-hydrogen) atoms. The van der Waals surface area contributed by atoms with E-state index >= 15 is 0 Å². The lowest BCUT2D eigenvalue weighted by Gasteiger charge is -2.11. The van der Waals surface area contributed by atoms with Gasteiger partial charge in [0.2, 0.25) is 0 Å². The molecular weight excluding hydrogens is 274 g/mol. The summed E-state index contributed by atoms with van der Waals surface area (Å²) in [5.74, 6) is 0. The molecule has 0 amide bonds. The summed E-state index contributed by atoms with van der Waals surface area (Å²) in [5.41, 5.74) is -0.212. The van der Waals surface area contributed by atoms with Gasteiger partial charge in [0.25, 0.3) is 12.0 Å². The lowest BCUT2D eigenvalue weighted by atomic mass is 10.2. The lowest BCUT2D eigenvalue weighted by Crippen LogP contribution is -2.40. The second-order valence-corrected chi connectivity index (χ2v) is 5.65. The number of fused-ring (bicyclic) bond motifs is 1. The molecule has 0 radical (unpaired) electrons. The van der Waals surface area contributed by atoms with Gasteiger partial charge in [0, 0.05) is 6.04 Å². The molecule has 102 valence electrons. The van der Waals surface area contributed by atoms with Gasteiger partial charge in [0.05, 0.1) is 11.9 Å². The van der Waals surface area contributed by atoms with Crippen molar-refractivity contribution in [3.05, 3.63) is 31.8 Å². The average Bonchev–Trinajstić information content (AvgIpc) is 3.07. The van der Waals surface area contributed by atoms with Crippen molar-refractivity contribution < 1.29 is 8.78 Å². The van der Waals surface area contributed by atoms with Crippen LogP contribution in [0, 0.1) is 6.92 Å². The molecule has 7 heteroatoms. The molecule has 2 aromatic heterocycles. The summed E-state index contributed by atoms with van der Waals surface area (Å²) in [4.78, 5) is 24.9. The Hall–Kier alpha value is -1.50. The smallest absolute Gasteiger partial charge is 0.279 e. The number of aryl methyl sites for hydroxylation is 1. The minimum atomic E-state index is -2.62. The average molecular weight is 286 g/mol. The second-order valence-electron chi connectivity index (χ2n) is 4.79. The molecule has 0 spiro atoms. The predicted molar refractivity (Wildman–Crippen MR) is 69.4 cm³/mol. The molecule has 4 nitrogen and oxygen atoms in total. The number of aromatic nitrogens is 2. The zero-order valence-corrected chi connectivity index (χ0v) is 11.0. The highest BCUT2D eigenvalue weighted by Crippen LogP contribution is 2.33. The van der Waals surface area contributed by atoms with Crippen molar-refractivity contribution >= 4 is 21.6 Å². The molecule has 0 aromatic carbocycles. The van der Waals surface area contributed by atoms with Crippen molar-refractivity contribution in [2.75, 3.05) is 0 Å². The van der Waals surface area contributed by atoms with Gasteiger partial charge in [-0.05, 0) is 30.7 Å². The number of halogens is 2. The van der Waals surface area contributed by atoms with E-state index in [4.69, 9.17) is 0 Å². The summed E-state index contributed by atoms with van der Waals surface area (Å²) in [6.45, 7) is 1.09. The van der Waals surface area contributed by atoms with Crippen molar-refractivity contribution in [1.82, 2.24) is 9.13 Å². The molecule has 2 aromatic rings. The van der Waals surface area contributed by atoms with Crippen LogP contribution in [0.15, 0.2) is 15.0 Å². The number of nitrogens with zero attached hydrogens (tertiary/aromatic N) is 2. The molecule has 0 saturated heterocycles. The Morgan fingerprint density at radius 1 is 1.42 bits per heavy atom. The van der Waals surface area contributed by atoms with Crippen LogP contribution in [0.1, 0.15) is 24.4 Å². The van der Waals surface area contributed by atoms with Crippen LogP contribution in [0.4, 0.5) is 8.78 Å². The third-order valence-electron chi connectivity index (χ3n) is 3.30. The highest BCUT2D eigenvalue weighted by Gasteiger charge is 2.30. The molecule has 1 aliphatic carbocycles. The monoisotopic (exact) mass is 286 g/mol. The van der Waals surface area contributed by atoms with Gasteiger partial charge in [-0.3, -0.25) is 13.9 Å². The van der Waals surface area contributed by atoms with E-state index in [2.05, 4.69) is 0 Å². The van der Waals surface area contributed by atoms with Crippen LogP contribution in [0.3, 0.4) is 0 Å². The van der Waals surface area contributed by atoms with Crippen LogP contribution in [0.2, 0.25) is 0 Å². The van der Waals surface area contributed by atoms with Crippen molar-refractivity contribution in [3.8, 4) is 0 Å². The molecule has 0 aliphatic heterocycles. The number of hydrogen-bond acceptors (Lipinski definition) is 3. The van der Waals surface area contributed by atoms with Gasteiger partial charge in [-0.1, -0.05) is 0 Å². The van der Waals surface area contributed by atoms with Gasteiger partial charge >= 0.3 is 5.69 Å². The molecule has 0 atom stereocenters. The Morgan fingerprint density at radius 2 is 2.11 bits per heavy atom. The largest absolute Gasteiger partial charge is 0.332 e. The summed E-state index contributed by atoms with van der Waals surface area (Å²) in [5, 5.41) is 2.13. The number of thiophene rings is 1. The van der Waals surface area contributed by atoms with E-state index in [0.29, 0.717) is 10.2 Å². The van der Waals surface area contributed by atoms with E-state index in [1.807, 2.05) is 0 Å². The highest BCUT2D eigenvalue weighted by atomic mass is 32.1. The van der Waals surface area contributed by atoms with E-state index in [1.165, 1.54) is 11.3 Å². The van der Waals surface area contributed by atoms with Crippen molar-refractivity contribution in [2.24, 2.45) is 0 Å². The van der Waals surface area contributed by atoms with Crippen molar-refractivity contribution in [3.63, 3.8) is 0 Å². The van der Waals surface area contributed by atoms with Crippen molar-refractivity contribution in [2.45, 2.75) is 38.8 Å². The maximum Gasteiger partial charge on any atom is 0.332 e. The minimum Gasteiger partial charge on any atom is -0.279 e. The number of hydrogen-bond donors (Lipinski definition) is 0. The molecule has 0 bridgehead atoms. The molecule has 3 rings (SSSR count). The van der Waals surface area contributed by atoms with E-state index < -0.39 is 18.7 Å². The van der Waals surface area contributed by atoms with Crippen LogP contribution >= 0.6 is 11.3 Å². The van der Waals surface area contributed by atoms with Gasteiger partial charge < -0.3 is 0 Å². The first-order chi connectivity index (χ1) is 9.00. The standard InChI is InChI=1S/C12H12F2N2O2S/c1-6-5-19-11-9(6)10(17)16(7-2-3-7)12(18)15(11)4-8(13)14/h5,7-8H,2-4H2,1H3. The Bertz CT molecular complexity index is 755. The third kappa shape index (κ3) is 1.92. The van der Waals surface area contributed by atoms with Gasteiger partial charge in [0.1, 0.15) is 4.83 Å². The molecule has 0 N–H and O–H groups in total. The molecule has 1 aliphatic rings. The van der Waals surface area contributed by atoms with Crippen molar-refractivity contribution in [1.29, 1.82) is 0 Å². The molecule has 1 saturated carbocycles. The molecular formula is C12H12F2N2O2S. The van der Waals surface area contributed by atoms with E-state index in [9.17, 15) is 18.4 Å². The zero-order valence-electron chi connectivity index (χ0n) is 10.2. The SMILES string of the molecule is Cc1csc2c1c(=O)n(C1CC1)c(=O)n2CC(F)F. The van der Waals surface area contributed by atoms with Crippen LogP contribution < -0.4 is 11.2 Å². The lowest BCUT2D eigenvalue weighted by molar-refractivity contribution is 0.126. The van der Waals surface area contributed by atoms with Gasteiger partial charge in [-0.15, -0.1) is 11.3 Å². The summed E-state index contributed by atoms with van der Waals surface area (Å²) in [6, 6.07) is -0.118. The van der Waals surface area contributed by atoms with Gasteiger partial charge in [-0.25, -0.2) is 13.6 Å². The maximum atomic E-state index is 12.6. The number of rotatable bonds is 3. The first-order valence-corrected chi connectivity index (χ1v) is 6.90. The summed E-state index contributed by atoms with van der Waals surface area (Å²) < 4.78 is 27.5. The zero-order chi connectivity index (χ0) is 13.7. The maximum absolute atomic E-state index is 12.6. The topological polar surface area (TPSA) is 44.0 Å². The van der Waals surface area contributed by atoms with Crippen LogP contribution in [0.5, 0.6) is 0 Å². The van der Waals surface area contributed by atoms with Crippen LogP contribution in [-0.4, -0.2) is 15.6 Å².